The van der Waals surface area contributed by atoms with E-state index in [4.69, 9.17) is 10.2 Å². The molecule has 2 N–H and O–H groups in total. The summed E-state index contributed by atoms with van der Waals surface area (Å²) in [7, 11) is 0. The van der Waals surface area contributed by atoms with Gasteiger partial charge in [0.25, 0.3) is 5.92 Å². The lowest BCUT2D eigenvalue weighted by molar-refractivity contribution is 0.00440. The Morgan fingerprint density at radius 1 is 0.793 bits per heavy atom. The fourth-order valence-corrected chi connectivity index (χ4v) is 3.11. The quantitative estimate of drug-likeness (QED) is 0.743. The Morgan fingerprint density at radius 2 is 1.14 bits per heavy atom. The third-order valence-corrected chi connectivity index (χ3v) is 4.46. The van der Waals surface area contributed by atoms with Gasteiger partial charge < -0.3 is 10.2 Å². The molecule has 0 atom stereocenters. The molecule has 0 heterocycles. The van der Waals surface area contributed by atoms with E-state index < -0.39 is 23.3 Å². The van der Waals surface area contributed by atoms with Crippen LogP contribution < -0.4 is 0 Å². The van der Waals surface area contributed by atoms with Crippen LogP contribution in [0.3, 0.4) is 0 Å². The van der Waals surface area contributed by atoms with E-state index >= 15 is 8.78 Å². The highest BCUT2D eigenvalue weighted by atomic mass is 19.3. The minimum Gasteiger partial charge on any atom is -0.478 e. The predicted molar refractivity (Wildman–Crippen MR) is 102 cm³/mol. The summed E-state index contributed by atoms with van der Waals surface area (Å²) in [5.41, 5.74) is -1.48. The van der Waals surface area contributed by atoms with Crippen molar-refractivity contribution in [3.05, 3.63) is 95.1 Å². The molecule has 4 nitrogen and oxygen atoms in total. The molecule has 0 radical (unpaired) electrons. The number of aromatic carboxylic acids is 2. The number of carboxylic acid groups (broad SMARTS) is 2. The Labute approximate surface area is 165 Å². The minimum atomic E-state index is -3.29. The highest BCUT2D eigenvalue weighted by Gasteiger charge is 2.53. The van der Waals surface area contributed by atoms with Gasteiger partial charge >= 0.3 is 11.9 Å². The van der Waals surface area contributed by atoms with E-state index in [1.165, 1.54) is 73.7 Å². The molecule has 0 aliphatic heterocycles. The first-order valence-electron chi connectivity index (χ1n) is 8.68. The second kappa shape index (κ2) is 8.77. The fraction of sp³-hybridized carbons (Fsp3) is 0.182. The van der Waals surface area contributed by atoms with Gasteiger partial charge in [-0.25, -0.2) is 18.4 Å². The van der Waals surface area contributed by atoms with Gasteiger partial charge in [0.2, 0.25) is 0 Å². The number of benzene rings is 2. The highest BCUT2D eigenvalue weighted by Crippen LogP contribution is 2.49. The predicted octanol–water partition coefficient (Wildman–Crippen LogP) is 5.11. The van der Waals surface area contributed by atoms with Crippen LogP contribution >= 0.6 is 0 Å². The Bertz CT molecular complexity index is 872. The van der Waals surface area contributed by atoms with Crippen LogP contribution in [0.25, 0.3) is 0 Å². The Hall–Kier alpha value is -3.35. The molecule has 0 bridgehead atoms. The first-order chi connectivity index (χ1) is 13.7. The Kier molecular flexibility index (Phi) is 6.64. The highest BCUT2D eigenvalue weighted by molar-refractivity contribution is 5.88. The van der Waals surface area contributed by atoms with E-state index in [1.54, 1.807) is 0 Å². The van der Waals surface area contributed by atoms with Crippen molar-refractivity contribution in [2.45, 2.75) is 18.3 Å². The van der Waals surface area contributed by atoms with Crippen molar-refractivity contribution < 1.29 is 33.0 Å². The molecule has 3 rings (SSSR count). The van der Waals surface area contributed by atoms with E-state index in [0.29, 0.717) is 0 Å². The molecule has 7 heteroatoms. The number of hydrogen-bond donors (Lipinski definition) is 2. The van der Waals surface area contributed by atoms with Crippen molar-refractivity contribution >= 4 is 11.9 Å². The molecule has 2 aromatic carbocycles. The van der Waals surface area contributed by atoms with Crippen LogP contribution in [-0.4, -0.2) is 34.7 Å². The second-order valence-electron chi connectivity index (χ2n) is 6.18. The van der Waals surface area contributed by atoms with Gasteiger partial charge in [-0.05, 0) is 48.4 Å². The standard InChI is InChI=1S/C20H14F2O4.C2H5F/c21-20(22)12-2-1-11-19(20,15-7-3-13(4-8-15)17(23)24)16-9-5-14(6-10-16)18(25)26;1-2-3/h1-12H,(H,23,24)(H,25,26);2H2,1H3. The molecule has 2 aromatic rings. The van der Waals surface area contributed by atoms with Crippen molar-refractivity contribution in [1.29, 1.82) is 0 Å². The minimum absolute atomic E-state index is 0.0104. The molecule has 0 spiro atoms. The second-order valence-corrected chi connectivity index (χ2v) is 6.18. The lowest BCUT2D eigenvalue weighted by Crippen LogP contribution is -2.44. The van der Waals surface area contributed by atoms with Crippen LogP contribution in [0.1, 0.15) is 38.8 Å². The lowest BCUT2D eigenvalue weighted by Gasteiger charge is -2.39. The molecule has 0 unspecified atom stereocenters. The molecule has 0 amide bonds. The normalized spacial score (nSPS) is 15.9. The maximum Gasteiger partial charge on any atom is 0.335 e. The van der Waals surface area contributed by atoms with Gasteiger partial charge in [-0.3, -0.25) is 4.39 Å². The van der Waals surface area contributed by atoms with Crippen LogP contribution in [0.5, 0.6) is 0 Å². The van der Waals surface area contributed by atoms with E-state index in [1.807, 2.05) is 0 Å². The Morgan fingerprint density at radius 3 is 1.45 bits per heavy atom. The third kappa shape index (κ3) is 4.23. The average molecular weight is 404 g/mol. The summed E-state index contributed by atoms with van der Waals surface area (Å²) in [6.45, 7) is 1.21. The molecule has 29 heavy (non-hydrogen) atoms. The van der Waals surface area contributed by atoms with Crippen molar-refractivity contribution in [3.8, 4) is 0 Å². The smallest absolute Gasteiger partial charge is 0.335 e. The van der Waals surface area contributed by atoms with Crippen LogP contribution in [-0.2, 0) is 5.41 Å². The molecule has 1 aliphatic rings. The van der Waals surface area contributed by atoms with E-state index in [9.17, 15) is 14.0 Å². The molecule has 0 fully saturated rings. The number of alkyl halides is 3. The van der Waals surface area contributed by atoms with E-state index in [0.717, 1.165) is 6.08 Å². The number of rotatable bonds is 4. The summed E-state index contributed by atoms with van der Waals surface area (Å²) >= 11 is 0. The largest absolute Gasteiger partial charge is 0.478 e. The van der Waals surface area contributed by atoms with Gasteiger partial charge in [-0.15, -0.1) is 0 Å². The van der Waals surface area contributed by atoms with Gasteiger partial charge in [-0.2, -0.15) is 0 Å². The number of halogens is 3. The number of allylic oxidation sites excluding steroid dienone is 4. The Balaban J connectivity index is 0.000000941. The van der Waals surface area contributed by atoms with Crippen LogP contribution in [0.15, 0.2) is 72.8 Å². The van der Waals surface area contributed by atoms with Crippen molar-refractivity contribution in [1.82, 2.24) is 0 Å². The number of hydrogen-bond acceptors (Lipinski definition) is 2. The zero-order valence-corrected chi connectivity index (χ0v) is 15.5. The van der Waals surface area contributed by atoms with Crippen molar-refractivity contribution in [3.63, 3.8) is 0 Å². The van der Waals surface area contributed by atoms with Gasteiger partial charge in [0, 0.05) is 0 Å². The molecule has 0 saturated heterocycles. The third-order valence-electron chi connectivity index (χ3n) is 4.46. The first kappa shape index (κ1) is 21.9. The van der Waals surface area contributed by atoms with E-state index in [-0.39, 0.29) is 28.9 Å². The molecule has 0 aromatic heterocycles. The van der Waals surface area contributed by atoms with Gasteiger partial charge in [0.1, 0.15) is 5.41 Å². The van der Waals surface area contributed by atoms with Crippen molar-refractivity contribution in [2.24, 2.45) is 0 Å². The zero-order chi connectivity index (χ0) is 21.7. The van der Waals surface area contributed by atoms with Crippen LogP contribution in [0.2, 0.25) is 0 Å². The number of carbonyl (C=O) groups is 2. The monoisotopic (exact) mass is 404 g/mol. The zero-order valence-electron chi connectivity index (χ0n) is 15.5. The summed E-state index contributed by atoms with van der Waals surface area (Å²) in [6, 6.07) is 10.5. The molecular weight excluding hydrogens is 385 g/mol. The van der Waals surface area contributed by atoms with Gasteiger partial charge in [0.05, 0.1) is 17.8 Å². The average Bonchev–Trinajstić information content (AvgIpc) is 2.69. The summed E-state index contributed by atoms with van der Waals surface area (Å²) < 4.78 is 40.4. The molecule has 152 valence electrons. The first-order valence-corrected chi connectivity index (χ1v) is 8.68. The summed E-state index contributed by atoms with van der Waals surface area (Å²) in [5, 5.41) is 18.0. The fourth-order valence-electron chi connectivity index (χ4n) is 3.11. The van der Waals surface area contributed by atoms with Crippen molar-refractivity contribution in [2.75, 3.05) is 6.67 Å². The van der Waals surface area contributed by atoms with Gasteiger partial charge in [-0.1, -0.05) is 42.5 Å². The summed E-state index contributed by atoms with van der Waals surface area (Å²) in [4.78, 5) is 22.1. The van der Waals surface area contributed by atoms with Gasteiger partial charge in [0.15, 0.2) is 0 Å². The summed E-state index contributed by atoms with van der Waals surface area (Å²) in [5.74, 6) is -5.60. The lowest BCUT2D eigenvalue weighted by atomic mass is 9.67. The van der Waals surface area contributed by atoms with Crippen LogP contribution in [0.4, 0.5) is 13.2 Å². The maximum atomic E-state index is 15.0. The molecule has 1 aliphatic carbocycles. The molecule has 0 saturated carbocycles. The number of carboxylic acids is 2. The molecular formula is C22H19F3O4. The maximum absolute atomic E-state index is 15.0. The SMILES string of the molecule is CCF.O=C(O)c1ccc(C2(c3ccc(C(=O)O)cc3)C=CC=CC2(F)F)cc1. The topological polar surface area (TPSA) is 74.6 Å². The van der Waals surface area contributed by atoms with Crippen LogP contribution in [0, 0.1) is 0 Å². The summed E-state index contributed by atoms with van der Waals surface area (Å²) in [6.07, 6.45) is 4.87. The van der Waals surface area contributed by atoms with E-state index in [2.05, 4.69) is 0 Å².